The molecule has 14 heteroatoms. The van der Waals surface area contributed by atoms with E-state index in [0.29, 0.717) is 12.3 Å². The lowest BCUT2D eigenvalue weighted by molar-refractivity contribution is -0.385. The highest BCUT2D eigenvalue weighted by molar-refractivity contribution is 7.89. The second kappa shape index (κ2) is 7.46. The molecule has 2 aromatic rings. The first-order valence-electron chi connectivity index (χ1n) is 6.78. The van der Waals surface area contributed by atoms with E-state index in [1.165, 1.54) is 6.92 Å². The van der Waals surface area contributed by atoms with Crippen molar-refractivity contribution in [3.8, 4) is 0 Å². The van der Waals surface area contributed by atoms with Gasteiger partial charge < -0.3 is 0 Å². The molecule has 0 fully saturated rings. The Labute approximate surface area is 160 Å². The van der Waals surface area contributed by atoms with Gasteiger partial charge in [0, 0.05) is 17.8 Å². The second-order valence-electron chi connectivity index (χ2n) is 5.09. The molecule has 27 heavy (non-hydrogen) atoms. The molecule has 0 aliphatic rings. The summed E-state index contributed by atoms with van der Waals surface area (Å²) < 4.78 is 62.3. The number of nitro benzene ring substituents is 1. The van der Waals surface area contributed by atoms with Crippen LogP contribution in [0.25, 0.3) is 0 Å². The van der Waals surface area contributed by atoms with E-state index in [-0.39, 0.29) is 10.6 Å². The smallest absolute Gasteiger partial charge is 0.291 e. The van der Waals surface area contributed by atoms with Crippen LogP contribution in [0.1, 0.15) is 11.1 Å². The van der Waals surface area contributed by atoms with E-state index in [4.69, 9.17) is 23.2 Å². The highest BCUT2D eigenvalue weighted by Crippen LogP contribution is 2.32. The van der Waals surface area contributed by atoms with Crippen molar-refractivity contribution in [2.75, 3.05) is 5.43 Å². The van der Waals surface area contributed by atoms with Crippen molar-refractivity contribution in [2.45, 2.75) is 18.0 Å². The van der Waals surface area contributed by atoms with Crippen molar-refractivity contribution in [1.82, 2.24) is 9.82 Å². The highest BCUT2D eigenvalue weighted by atomic mass is 35.5. The molecular weight excluding hydrogens is 436 g/mol. The van der Waals surface area contributed by atoms with E-state index in [1.807, 2.05) is 4.83 Å². The molecule has 0 amide bonds. The average molecular weight is 445 g/mol. The Balaban J connectivity index is 2.29. The van der Waals surface area contributed by atoms with Crippen molar-refractivity contribution in [2.24, 2.45) is 0 Å². The number of hydrogen-bond acceptors (Lipinski definition) is 6. The summed E-state index contributed by atoms with van der Waals surface area (Å²) in [6.45, 7) is 1.34. The standard InChI is InChI=1S/C13H9Cl2F3N4O4S/c1-6-9(14)3-8(4-11(6)22(23)24)27(25,26)21-20-12-10(15)2-7(5-19-12)13(16,17)18/h2-5,21H,1H3,(H,19,20). The summed E-state index contributed by atoms with van der Waals surface area (Å²) in [6.07, 6.45) is -4.22. The van der Waals surface area contributed by atoms with Gasteiger partial charge in [-0.15, -0.1) is 4.83 Å². The van der Waals surface area contributed by atoms with Crippen LogP contribution in [0.3, 0.4) is 0 Å². The Hall–Kier alpha value is -2.15. The molecule has 146 valence electrons. The van der Waals surface area contributed by atoms with Crippen LogP contribution < -0.4 is 10.3 Å². The van der Waals surface area contributed by atoms with Crippen LogP contribution in [0.4, 0.5) is 24.7 Å². The van der Waals surface area contributed by atoms with E-state index < -0.39 is 48.1 Å². The molecule has 8 nitrogen and oxygen atoms in total. The number of nitrogens with zero attached hydrogens (tertiary/aromatic N) is 2. The van der Waals surface area contributed by atoms with Crippen LogP contribution in [0.2, 0.25) is 10.0 Å². The van der Waals surface area contributed by atoms with Crippen molar-refractivity contribution >= 4 is 44.7 Å². The van der Waals surface area contributed by atoms with E-state index >= 15 is 0 Å². The predicted molar refractivity (Wildman–Crippen MR) is 91.0 cm³/mol. The van der Waals surface area contributed by atoms with Gasteiger partial charge in [0.1, 0.15) is 0 Å². The Morgan fingerprint density at radius 3 is 2.33 bits per heavy atom. The van der Waals surface area contributed by atoms with Crippen molar-refractivity contribution < 1.29 is 26.5 Å². The number of nitro groups is 1. The van der Waals surface area contributed by atoms with Gasteiger partial charge in [-0.1, -0.05) is 23.2 Å². The fourth-order valence-electron chi connectivity index (χ4n) is 1.84. The van der Waals surface area contributed by atoms with Gasteiger partial charge in [0.05, 0.1) is 25.4 Å². The zero-order valence-corrected chi connectivity index (χ0v) is 15.5. The van der Waals surface area contributed by atoms with E-state index in [0.717, 1.165) is 12.1 Å². The molecule has 2 N–H and O–H groups in total. The van der Waals surface area contributed by atoms with Crippen LogP contribution in [0, 0.1) is 17.0 Å². The minimum Gasteiger partial charge on any atom is -0.291 e. The molecule has 1 aromatic heterocycles. The maximum atomic E-state index is 12.6. The Bertz CT molecular complexity index is 1020. The average Bonchev–Trinajstić information content (AvgIpc) is 2.54. The summed E-state index contributed by atoms with van der Waals surface area (Å²) >= 11 is 11.5. The Morgan fingerprint density at radius 2 is 1.81 bits per heavy atom. The van der Waals surface area contributed by atoms with Crippen LogP contribution in [-0.2, 0) is 16.2 Å². The maximum absolute atomic E-state index is 12.6. The molecule has 1 heterocycles. The summed E-state index contributed by atoms with van der Waals surface area (Å²) in [5.41, 5.74) is 0.479. The maximum Gasteiger partial charge on any atom is 0.417 e. The first kappa shape index (κ1) is 21.2. The summed E-state index contributed by atoms with van der Waals surface area (Å²) in [6, 6.07) is 2.32. The largest absolute Gasteiger partial charge is 0.417 e. The number of alkyl halides is 3. The minimum absolute atomic E-state index is 0.0704. The quantitative estimate of drug-likeness (QED) is 0.533. The van der Waals surface area contributed by atoms with Gasteiger partial charge in [0.25, 0.3) is 15.7 Å². The summed E-state index contributed by atoms with van der Waals surface area (Å²) in [5, 5.41) is 10.3. The fourth-order valence-corrected chi connectivity index (χ4v) is 3.23. The van der Waals surface area contributed by atoms with Gasteiger partial charge in [0.2, 0.25) is 0 Å². The number of hydrazine groups is 1. The molecule has 0 saturated heterocycles. The SMILES string of the molecule is Cc1c(Cl)cc(S(=O)(=O)NNc2ncc(C(F)(F)F)cc2Cl)cc1[N+](=O)[O-]. The first-order chi connectivity index (χ1) is 12.3. The molecule has 0 atom stereocenters. The van der Waals surface area contributed by atoms with Crippen molar-refractivity contribution in [3.63, 3.8) is 0 Å². The van der Waals surface area contributed by atoms with Crippen molar-refractivity contribution in [1.29, 1.82) is 0 Å². The fraction of sp³-hybridized carbons (Fsp3) is 0.154. The summed E-state index contributed by atoms with van der Waals surface area (Å²) in [4.78, 5) is 14.9. The number of hydrogen-bond donors (Lipinski definition) is 2. The molecule has 0 aliphatic heterocycles. The third-order valence-electron chi connectivity index (χ3n) is 3.27. The minimum atomic E-state index is -4.67. The van der Waals surface area contributed by atoms with Gasteiger partial charge in [-0.05, 0) is 19.1 Å². The third kappa shape index (κ3) is 4.77. The molecule has 0 unspecified atom stereocenters. The number of sulfonamides is 1. The number of halogens is 5. The first-order valence-corrected chi connectivity index (χ1v) is 9.02. The Kier molecular flexibility index (Phi) is 5.85. The topological polar surface area (TPSA) is 114 Å². The number of benzene rings is 1. The van der Waals surface area contributed by atoms with Crippen LogP contribution >= 0.6 is 23.2 Å². The van der Waals surface area contributed by atoms with Gasteiger partial charge in [-0.25, -0.2) is 13.4 Å². The molecular formula is C13H9Cl2F3N4O4S. The number of aromatic nitrogens is 1. The summed E-state index contributed by atoms with van der Waals surface area (Å²) in [7, 11) is -4.38. The van der Waals surface area contributed by atoms with Crippen molar-refractivity contribution in [3.05, 3.63) is 55.7 Å². The lowest BCUT2D eigenvalue weighted by Gasteiger charge is -2.12. The molecule has 0 saturated carbocycles. The third-order valence-corrected chi connectivity index (χ3v) is 5.18. The number of pyridine rings is 1. The molecule has 2 rings (SSSR count). The normalized spacial score (nSPS) is 12.1. The van der Waals surface area contributed by atoms with E-state index in [1.54, 1.807) is 0 Å². The zero-order valence-electron chi connectivity index (χ0n) is 13.1. The van der Waals surface area contributed by atoms with Crippen LogP contribution in [0.15, 0.2) is 29.3 Å². The molecule has 0 spiro atoms. The number of anilines is 1. The predicted octanol–water partition coefficient (Wildman–Crippen LogP) is 3.93. The monoisotopic (exact) mass is 444 g/mol. The van der Waals surface area contributed by atoms with Crippen LogP contribution in [0.5, 0.6) is 0 Å². The molecule has 0 aliphatic carbocycles. The van der Waals surface area contributed by atoms with Gasteiger partial charge in [0.15, 0.2) is 5.82 Å². The molecule has 1 aromatic carbocycles. The van der Waals surface area contributed by atoms with E-state index in [9.17, 15) is 31.7 Å². The zero-order chi connectivity index (χ0) is 20.6. The summed E-state index contributed by atoms with van der Waals surface area (Å²) in [5.74, 6) is -0.402. The van der Waals surface area contributed by atoms with Gasteiger partial charge in [-0.2, -0.15) is 13.2 Å². The molecule has 0 bridgehead atoms. The van der Waals surface area contributed by atoms with Gasteiger partial charge in [-0.3, -0.25) is 15.5 Å². The van der Waals surface area contributed by atoms with Gasteiger partial charge >= 0.3 is 6.18 Å². The Morgan fingerprint density at radius 1 is 1.19 bits per heavy atom. The second-order valence-corrected chi connectivity index (χ2v) is 7.59. The number of rotatable bonds is 5. The van der Waals surface area contributed by atoms with Crippen LogP contribution in [-0.4, -0.2) is 18.3 Å². The highest BCUT2D eigenvalue weighted by Gasteiger charge is 2.31. The number of nitrogens with one attached hydrogen (secondary N) is 2. The lowest BCUT2D eigenvalue weighted by Crippen LogP contribution is -2.30. The van der Waals surface area contributed by atoms with E-state index in [2.05, 4.69) is 10.4 Å². The lowest BCUT2D eigenvalue weighted by atomic mass is 10.2. The molecule has 0 radical (unpaired) electrons.